The molecule has 4 rings (SSSR count). The van der Waals surface area contributed by atoms with E-state index in [2.05, 4.69) is 11.8 Å². The molecule has 0 saturated carbocycles. The molecule has 0 aliphatic carbocycles. The number of aryl methyl sites for hydroxylation is 1. The van der Waals surface area contributed by atoms with Crippen molar-refractivity contribution in [1.82, 2.24) is 9.80 Å². The van der Waals surface area contributed by atoms with Crippen LogP contribution in [-0.4, -0.2) is 54.1 Å². The van der Waals surface area contributed by atoms with Gasteiger partial charge in [0.05, 0.1) is 5.60 Å². The molecule has 3 aliphatic rings. The summed E-state index contributed by atoms with van der Waals surface area (Å²) in [6.07, 6.45) is 7.63. The van der Waals surface area contributed by atoms with Crippen molar-refractivity contribution in [3.05, 3.63) is 23.2 Å². The number of furan rings is 1. The van der Waals surface area contributed by atoms with Crippen LogP contribution in [0.1, 0.15) is 67.3 Å². The minimum atomic E-state index is 0.0510. The minimum Gasteiger partial charge on any atom is -0.456 e. The Hall–Kier alpha value is -1.33. The topological polar surface area (TPSA) is 45.9 Å². The number of piperidine rings is 1. The molecule has 138 valence electrons. The molecule has 5 heteroatoms. The number of likely N-dealkylation sites (tertiary alicyclic amines) is 2. The lowest BCUT2D eigenvalue weighted by Crippen LogP contribution is -2.46. The predicted octanol–water partition coefficient (Wildman–Crippen LogP) is 3.22. The van der Waals surface area contributed by atoms with Crippen LogP contribution in [0.4, 0.5) is 0 Å². The Morgan fingerprint density at radius 1 is 1.12 bits per heavy atom. The molecule has 1 spiro atoms. The standard InChI is InChI=1S/C20H30N2O3/c1-2-17-16(15-21-9-3-4-10-21)14-18(25-17)19(23)22-11-7-20(8-12-22)6-5-13-24-20/h14H,2-13,15H2,1H3. The summed E-state index contributed by atoms with van der Waals surface area (Å²) >= 11 is 0. The first-order valence-corrected chi connectivity index (χ1v) is 9.96. The molecule has 0 unspecified atom stereocenters. The highest BCUT2D eigenvalue weighted by atomic mass is 16.5. The largest absolute Gasteiger partial charge is 0.456 e. The number of nitrogens with zero attached hydrogens (tertiary/aromatic N) is 2. The van der Waals surface area contributed by atoms with E-state index in [1.165, 1.54) is 18.4 Å². The number of hydrogen-bond acceptors (Lipinski definition) is 4. The maximum Gasteiger partial charge on any atom is 0.289 e. The van der Waals surface area contributed by atoms with Crippen molar-refractivity contribution in [3.8, 4) is 0 Å². The van der Waals surface area contributed by atoms with E-state index in [0.717, 1.165) is 77.2 Å². The van der Waals surface area contributed by atoms with Gasteiger partial charge in [0.15, 0.2) is 5.76 Å². The summed E-state index contributed by atoms with van der Waals surface area (Å²) in [6.45, 7) is 7.77. The first-order chi connectivity index (χ1) is 12.2. The third kappa shape index (κ3) is 3.49. The molecule has 3 fully saturated rings. The summed E-state index contributed by atoms with van der Waals surface area (Å²) in [5.41, 5.74) is 1.25. The second-order valence-electron chi connectivity index (χ2n) is 7.82. The van der Waals surface area contributed by atoms with Gasteiger partial charge in [-0.3, -0.25) is 9.69 Å². The molecule has 3 aliphatic heterocycles. The molecule has 4 heterocycles. The van der Waals surface area contributed by atoms with Crippen LogP contribution < -0.4 is 0 Å². The zero-order valence-corrected chi connectivity index (χ0v) is 15.4. The van der Waals surface area contributed by atoms with Gasteiger partial charge in [0.25, 0.3) is 5.91 Å². The maximum atomic E-state index is 12.9. The quantitative estimate of drug-likeness (QED) is 0.840. The number of amides is 1. The molecule has 0 aromatic carbocycles. The van der Waals surface area contributed by atoms with Gasteiger partial charge in [0, 0.05) is 38.2 Å². The number of carbonyl (C=O) groups is 1. The molecule has 0 N–H and O–H groups in total. The number of hydrogen-bond donors (Lipinski definition) is 0. The molecule has 0 atom stereocenters. The van der Waals surface area contributed by atoms with Crippen LogP contribution in [0.25, 0.3) is 0 Å². The Kier molecular flexibility index (Phi) is 4.87. The lowest BCUT2D eigenvalue weighted by Gasteiger charge is -2.38. The van der Waals surface area contributed by atoms with Gasteiger partial charge < -0.3 is 14.1 Å². The van der Waals surface area contributed by atoms with Crippen molar-refractivity contribution in [1.29, 1.82) is 0 Å². The molecule has 25 heavy (non-hydrogen) atoms. The molecule has 1 aromatic heterocycles. The highest BCUT2D eigenvalue weighted by Gasteiger charge is 2.40. The fourth-order valence-electron chi connectivity index (χ4n) is 4.61. The first kappa shape index (κ1) is 17.1. The summed E-state index contributed by atoms with van der Waals surface area (Å²) < 4.78 is 11.9. The van der Waals surface area contributed by atoms with E-state index in [-0.39, 0.29) is 11.5 Å². The van der Waals surface area contributed by atoms with Gasteiger partial charge in [-0.1, -0.05) is 6.92 Å². The Morgan fingerprint density at radius 3 is 2.52 bits per heavy atom. The second-order valence-corrected chi connectivity index (χ2v) is 7.82. The third-order valence-corrected chi connectivity index (χ3v) is 6.17. The molecule has 1 aromatic rings. The SMILES string of the molecule is CCc1oc(C(=O)N2CCC3(CCCO3)CC2)cc1CN1CCCC1. The Labute approximate surface area is 150 Å². The lowest BCUT2D eigenvalue weighted by molar-refractivity contribution is -0.0391. The zero-order chi connectivity index (χ0) is 17.3. The van der Waals surface area contributed by atoms with Crippen LogP contribution in [0.2, 0.25) is 0 Å². The summed E-state index contributed by atoms with van der Waals surface area (Å²) in [7, 11) is 0. The van der Waals surface area contributed by atoms with Crippen molar-refractivity contribution in [2.45, 2.75) is 64.0 Å². The average Bonchev–Trinajstić information content (AvgIpc) is 3.37. The fourth-order valence-corrected chi connectivity index (χ4v) is 4.61. The van der Waals surface area contributed by atoms with E-state index in [9.17, 15) is 4.79 Å². The van der Waals surface area contributed by atoms with Crippen molar-refractivity contribution in [3.63, 3.8) is 0 Å². The van der Waals surface area contributed by atoms with Crippen LogP contribution >= 0.6 is 0 Å². The Morgan fingerprint density at radius 2 is 1.88 bits per heavy atom. The normalized spacial score (nSPS) is 23.6. The molecule has 3 saturated heterocycles. The van der Waals surface area contributed by atoms with E-state index >= 15 is 0 Å². The zero-order valence-electron chi connectivity index (χ0n) is 15.4. The second kappa shape index (κ2) is 7.12. The fraction of sp³-hybridized carbons (Fsp3) is 0.750. The van der Waals surface area contributed by atoms with E-state index in [1.54, 1.807) is 0 Å². The van der Waals surface area contributed by atoms with Crippen molar-refractivity contribution in [2.24, 2.45) is 0 Å². The molecule has 5 nitrogen and oxygen atoms in total. The first-order valence-electron chi connectivity index (χ1n) is 9.96. The predicted molar refractivity (Wildman–Crippen MR) is 95.7 cm³/mol. The highest BCUT2D eigenvalue weighted by molar-refractivity contribution is 5.92. The van der Waals surface area contributed by atoms with Gasteiger partial charge in [0.2, 0.25) is 0 Å². The average molecular weight is 346 g/mol. The monoisotopic (exact) mass is 346 g/mol. The van der Waals surface area contributed by atoms with E-state index in [4.69, 9.17) is 9.15 Å². The molecule has 0 bridgehead atoms. The van der Waals surface area contributed by atoms with Crippen molar-refractivity contribution in [2.75, 3.05) is 32.8 Å². The number of ether oxygens (including phenoxy) is 1. The Bertz CT molecular complexity index is 602. The summed E-state index contributed by atoms with van der Waals surface area (Å²) in [4.78, 5) is 17.3. The molecule has 1 amide bonds. The smallest absolute Gasteiger partial charge is 0.289 e. The van der Waals surface area contributed by atoms with Gasteiger partial charge in [0.1, 0.15) is 5.76 Å². The Balaban J connectivity index is 1.42. The van der Waals surface area contributed by atoms with Gasteiger partial charge >= 0.3 is 0 Å². The van der Waals surface area contributed by atoms with Gasteiger partial charge in [-0.25, -0.2) is 0 Å². The van der Waals surface area contributed by atoms with Crippen LogP contribution in [-0.2, 0) is 17.7 Å². The molecular formula is C20H30N2O3. The van der Waals surface area contributed by atoms with Crippen molar-refractivity contribution < 1.29 is 13.9 Å². The highest BCUT2D eigenvalue weighted by Crippen LogP contribution is 2.36. The van der Waals surface area contributed by atoms with E-state index < -0.39 is 0 Å². The van der Waals surface area contributed by atoms with Gasteiger partial charge in [-0.05, 0) is 57.7 Å². The van der Waals surface area contributed by atoms with Crippen LogP contribution in [0.15, 0.2) is 10.5 Å². The van der Waals surface area contributed by atoms with Gasteiger partial charge in [-0.15, -0.1) is 0 Å². The van der Waals surface area contributed by atoms with Crippen LogP contribution in [0.5, 0.6) is 0 Å². The minimum absolute atomic E-state index is 0.0510. The summed E-state index contributed by atoms with van der Waals surface area (Å²) in [6, 6.07) is 2.00. The number of rotatable bonds is 4. The summed E-state index contributed by atoms with van der Waals surface area (Å²) in [5, 5.41) is 0. The molecular weight excluding hydrogens is 316 g/mol. The lowest BCUT2D eigenvalue weighted by atomic mass is 9.88. The third-order valence-electron chi connectivity index (χ3n) is 6.17. The maximum absolute atomic E-state index is 12.9. The molecule has 0 radical (unpaired) electrons. The number of carbonyl (C=O) groups excluding carboxylic acids is 1. The summed E-state index contributed by atoms with van der Waals surface area (Å²) in [5.74, 6) is 1.55. The van der Waals surface area contributed by atoms with E-state index in [1.807, 2.05) is 11.0 Å². The van der Waals surface area contributed by atoms with E-state index in [0.29, 0.717) is 5.76 Å². The van der Waals surface area contributed by atoms with Crippen LogP contribution in [0.3, 0.4) is 0 Å². The van der Waals surface area contributed by atoms with Gasteiger partial charge in [-0.2, -0.15) is 0 Å². The van der Waals surface area contributed by atoms with Crippen LogP contribution in [0, 0.1) is 0 Å². The van der Waals surface area contributed by atoms with Crippen molar-refractivity contribution >= 4 is 5.91 Å².